The van der Waals surface area contributed by atoms with Gasteiger partial charge in [-0.25, -0.2) is 12.7 Å². The van der Waals surface area contributed by atoms with E-state index in [9.17, 15) is 8.42 Å². The van der Waals surface area contributed by atoms with Crippen molar-refractivity contribution in [3.05, 3.63) is 0 Å². The Labute approximate surface area is 99.7 Å². The van der Waals surface area contributed by atoms with E-state index in [-0.39, 0.29) is 0 Å². The van der Waals surface area contributed by atoms with Gasteiger partial charge in [0.1, 0.15) is 0 Å². The van der Waals surface area contributed by atoms with Crippen LogP contribution in [0.15, 0.2) is 0 Å². The van der Waals surface area contributed by atoms with E-state index in [2.05, 4.69) is 11.8 Å². The molecule has 1 rings (SSSR count). The molecule has 0 N–H and O–H groups in total. The molecule has 0 spiro atoms. The lowest BCUT2D eigenvalue weighted by Gasteiger charge is -2.20. The van der Waals surface area contributed by atoms with Crippen molar-refractivity contribution in [3.63, 3.8) is 0 Å². The Morgan fingerprint density at radius 1 is 1.06 bits per heavy atom. The molecule has 5 heteroatoms. The zero-order valence-corrected chi connectivity index (χ0v) is 11.3. The van der Waals surface area contributed by atoms with Crippen molar-refractivity contribution in [2.45, 2.75) is 32.6 Å². The maximum Gasteiger partial charge on any atom is 0.211 e. The Bertz CT molecular complexity index is 290. The molecule has 0 aromatic heterocycles. The third kappa shape index (κ3) is 4.80. The molecular formula is C11H24N2O2S. The molecule has 0 radical (unpaired) electrons. The van der Waals surface area contributed by atoms with Gasteiger partial charge in [-0.05, 0) is 25.9 Å². The van der Waals surface area contributed by atoms with Crippen LogP contribution in [-0.4, -0.2) is 56.6 Å². The highest BCUT2D eigenvalue weighted by Crippen LogP contribution is 2.08. The average molecular weight is 248 g/mol. The first-order valence-corrected chi connectivity index (χ1v) is 8.06. The molecule has 1 heterocycles. The number of rotatable bonds is 5. The van der Waals surface area contributed by atoms with E-state index in [1.165, 1.54) is 25.5 Å². The molecule has 96 valence electrons. The first kappa shape index (κ1) is 13.9. The van der Waals surface area contributed by atoms with Gasteiger partial charge < -0.3 is 4.90 Å². The van der Waals surface area contributed by atoms with Crippen molar-refractivity contribution < 1.29 is 8.42 Å². The summed E-state index contributed by atoms with van der Waals surface area (Å²) in [5, 5.41) is 0. The summed E-state index contributed by atoms with van der Waals surface area (Å²) in [7, 11) is -2.99. The fourth-order valence-electron chi connectivity index (χ4n) is 2.09. The van der Waals surface area contributed by atoms with Gasteiger partial charge in [-0.3, -0.25) is 0 Å². The molecule has 1 aliphatic heterocycles. The minimum absolute atomic E-state index is 0.658. The van der Waals surface area contributed by atoms with Crippen molar-refractivity contribution in [2.24, 2.45) is 0 Å². The second-order valence-corrected chi connectivity index (χ2v) is 6.55. The van der Waals surface area contributed by atoms with Gasteiger partial charge in [0.15, 0.2) is 0 Å². The Kier molecular flexibility index (Phi) is 5.72. The number of hydrogen-bond acceptors (Lipinski definition) is 3. The summed E-state index contributed by atoms with van der Waals surface area (Å²) in [6, 6.07) is 0. The van der Waals surface area contributed by atoms with Crippen LogP contribution in [-0.2, 0) is 10.0 Å². The highest BCUT2D eigenvalue weighted by molar-refractivity contribution is 7.88. The lowest BCUT2D eigenvalue weighted by atomic mass is 10.2. The first-order valence-electron chi connectivity index (χ1n) is 6.21. The van der Waals surface area contributed by atoms with Crippen molar-refractivity contribution in [1.82, 2.24) is 9.21 Å². The van der Waals surface area contributed by atoms with Gasteiger partial charge in [0.05, 0.1) is 6.26 Å². The summed E-state index contributed by atoms with van der Waals surface area (Å²) >= 11 is 0. The molecule has 1 fully saturated rings. The largest absolute Gasteiger partial charge is 0.302 e. The molecule has 0 aromatic rings. The summed E-state index contributed by atoms with van der Waals surface area (Å²) in [4.78, 5) is 2.39. The third-order valence-corrected chi connectivity index (χ3v) is 4.40. The van der Waals surface area contributed by atoms with E-state index in [4.69, 9.17) is 0 Å². The third-order valence-electron chi connectivity index (χ3n) is 3.09. The van der Waals surface area contributed by atoms with Crippen LogP contribution in [0.25, 0.3) is 0 Å². The highest BCUT2D eigenvalue weighted by atomic mass is 32.2. The predicted molar refractivity (Wildman–Crippen MR) is 67.0 cm³/mol. The fraction of sp³-hybridized carbons (Fsp3) is 1.00. The van der Waals surface area contributed by atoms with Crippen molar-refractivity contribution in [2.75, 3.05) is 39.0 Å². The molecular weight excluding hydrogens is 224 g/mol. The summed E-state index contributed by atoms with van der Waals surface area (Å²) in [5.74, 6) is 0. The Hall–Kier alpha value is -0.130. The van der Waals surface area contributed by atoms with Crippen LogP contribution < -0.4 is 0 Å². The van der Waals surface area contributed by atoms with Gasteiger partial charge in [0.2, 0.25) is 10.0 Å². The minimum atomic E-state index is -2.99. The fourth-order valence-corrected chi connectivity index (χ4v) is 2.96. The molecule has 0 bridgehead atoms. The molecule has 1 aliphatic rings. The molecule has 0 aromatic carbocycles. The van der Waals surface area contributed by atoms with Gasteiger partial charge in [-0.15, -0.1) is 0 Å². The van der Waals surface area contributed by atoms with Gasteiger partial charge in [-0.2, -0.15) is 0 Å². The summed E-state index contributed by atoms with van der Waals surface area (Å²) < 4.78 is 24.4. The van der Waals surface area contributed by atoms with Crippen molar-refractivity contribution >= 4 is 10.0 Å². The standard InChI is InChI=1S/C11H24N2O2S/c1-3-4-5-7-12-8-6-9-13(11-10-12)16(2,14)15/h3-11H2,1-2H3. The summed E-state index contributed by atoms with van der Waals surface area (Å²) in [6.07, 6.45) is 6.00. The van der Waals surface area contributed by atoms with Gasteiger partial charge in [0, 0.05) is 19.6 Å². The van der Waals surface area contributed by atoms with Crippen LogP contribution >= 0.6 is 0 Å². The zero-order valence-electron chi connectivity index (χ0n) is 10.5. The number of nitrogens with zero attached hydrogens (tertiary/aromatic N) is 2. The van der Waals surface area contributed by atoms with Crippen molar-refractivity contribution in [1.29, 1.82) is 0 Å². The molecule has 0 aliphatic carbocycles. The molecule has 0 unspecified atom stereocenters. The number of hydrogen-bond donors (Lipinski definition) is 0. The van der Waals surface area contributed by atoms with E-state index < -0.39 is 10.0 Å². The van der Waals surface area contributed by atoms with E-state index in [0.717, 1.165) is 26.1 Å². The van der Waals surface area contributed by atoms with E-state index in [1.807, 2.05) is 0 Å². The van der Waals surface area contributed by atoms with E-state index in [1.54, 1.807) is 4.31 Å². The van der Waals surface area contributed by atoms with Crippen LogP contribution in [0.2, 0.25) is 0 Å². The molecule has 16 heavy (non-hydrogen) atoms. The minimum Gasteiger partial charge on any atom is -0.302 e. The average Bonchev–Trinajstić information content (AvgIpc) is 2.43. The normalized spacial score (nSPS) is 20.9. The Balaban J connectivity index is 2.35. The smallest absolute Gasteiger partial charge is 0.211 e. The Morgan fingerprint density at radius 2 is 1.81 bits per heavy atom. The van der Waals surface area contributed by atoms with Crippen LogP contribution in [0.5, 0.6) is 0 Å². The van der Waals surface area contributed by atoms with E-state index >= 15 is 0 Å². The van der Waals surface area contributed by atoms with Crippen molar-refractivity contribution in [3.8, 4) is 0 Å². The second kappa shape index (κ2) is 6.57. The quantitative estimate of drug-likeness (QED) is 0.685. The molecule has 0 saturated carbocycles. The topological polar surface area (TPSA) is 40.6 Å². The van der Waals surface area contributed by atoms with Crippen LogP contribution in [0, 0.1) is 0 Å². The van der Waals surface area contributed by atoms with Gasteiger partial charge >= 0.3 is 0 Å². The molecule has 0 amide bonds. The summed E-state index contributed by atoms with van der Waals surface area (Å²) in [5.41, 5.74) is 0. The maximum atomic E-state index is 11.4. The van der Waals surface area contributed by atoms with Gasteiger partial charge in [0.25, 0.3) is 0 Å². The highest BCUT2D eigenvalue weighted by Gasteiger charge is 2.20. The lowest BCUT2D eigenvalue weighted by Crippen LogP contribution is -2.34. The van der Waals surface area contributed by atoms with Crippen LogP contribution in [0.4, 0.5) is 0 Å². The maximum absolute atomic E-state index is 11.4. The monoisotopic (exact) mass is 248 g/mol. The first-order chi connectivity index (χ1) is 7.54. The summed E-state index contributed by atoms with van der Waals surface area (Å²) in [6.45, 7) is 6.58. The predicted octanol–water partition coefficient (Wildman–Crippen LogP) is 1.14. The van der Waals surface area contributed by atoms with E-state index in [0.29, 0.717) is 13.1 Å². The molecule has 1 saturated heterocycles. The van der Waals surface area contributed by atoms with Crippen LogP contribution in [0.1, 0.15) is 32.6 Å². The second-order valence-electron chi connectivity index (χ2n) is 4.56. The zero-order chi connectivity index (χ0) is 12.0. The molecule has 4 nitrogen and oxygen atoms in total. The Morgan fingerprint density at radius 3 is 2.44 bits per heavy atom. The number of sulfonamides is 1. The van der Waals surface area contributed by atoms with Crippen LogP contribution in [0.3, 0.4) is 0 Å². The SMILES string of the molecule is CCCCCN1CCCN(S(C)(=O)=O)CC1. The van der Waals surface area contributed by atoms with Gasteiger partial charge in [-0.1, -0.05) is 19.8 Å². The lowest BCUT2D eigenvalue weighted by molar-refractivity contribution is 0.280. The molecule has 0 atom stereocenters. The number of unbranched alkanes of at least 4 members (excludes halogenated alkanes) is 2.